The van der Waals surface area contributed by atoms with Crippen molar-refractivity contribution < 1.29 is 0 Å². The van der Waals surface area contributed by atoms with Crippen LogP contribution in [0.2, 0.25) is 0 Å². The molecule has 1 aliphatic rings. The van der Waals surface area contributed by atoms with Crippen molar-refractivity contribution in [1.82, 2.24) is 15.3 Å². The van der Waals surface area contributed by atoms with E-state index in [1.54, 1.807) is 0 Å². The summed E-state index contributed by atoms with van der Waals surface area (Å²) >= 11 is 0. The van der Waals surface area contributed by atoms with Crippen LogP contribution >= 0.6 is 0 Å². The van der Waals surface area contributed by atoms with Crippen LogP contribution in [0.1, 0.15) is 18.7 Å². The van der Waals surface area contributed by atoms with Crippen molar-refractivity contribution in [3.63, 3.8) is 0 Å². The molecular weight excluding hydrogens is 186 g/mol. The van der Waals surface area contributed by atoms with E-state index in [1.807, 2.05) is 12.1 Å². The SMILES string of the molecule is c1ccc2[nH]c(CC3CCCN3)nc2c1. The van der Waals surface area contributed by atoms with Gasteiger partial charge in [-0.3, -0.25) is 0 Å². The highest BCUT2D eigenvalue weighted by Crippen LogP contribution is 2.14. The predicted molar refractivity (Wildman–Crippen MR) is 60.8 cm³/mol. The van der Waals surface area contributed by atoms with E-state index in [0.717, 1.165) is 29.8 Å². The maximum Gasteiger partial charge on any atom is 0.108 e. The standard InChI is InChI=1S/C12H15N3/c1-2-6-11-10(5-1)14-12(15-11)8-9-4-3-7-13-9/h1-2,5-6,9,13H,3-4,7-8H2,(H,14,15). The number of fused-ring (bicyclic) bond motifs is 1. The van der Waals surface area contributed by atoms with Crippen molar-refractivity contribution in [2.75, 3.05) is 6.54 Å². The number of rotatable bonds is 2. The van der Waals surface area contributed by atoms with Crippen LogP contribution < -0.4 is 5.32 Å². The van der Waals surface area contributed by atoms with Gasteiger partial charge in [0.1, 0.15) is 5.82 Å². The predicted octanol–water partition coefficient (Wildman–Crippen LogP) is 1.86. The number of aromatic nitrogens is 2. The van der Waals surface area contributed by atoms with Gasteiger partial charge in [-0.15, -0.1) is 0 Å². The molecule has 15 heavy (non-hydrogen) atoms. The van der Waals surface area contributed by atoms with Gasteiger partial charge in [0.2, 0.25) is 0 Å². The van der Waals surface area contributed by atoms with Crippen molar-refractivity contribution in [2.24, 2.45) is 0 Å². The first kappa shape index (κ1) is 8.92. The van der Waals surface area contributed by atoms with Gasteiger partial charge in [0.25, 0.3) is 0 Å². The Kier molecular flexibility index (Phi) is 2.18. The third kappa shape index (κ3) is 1.75. The van der Waals surface area contributed by atoms with Crippen LogP contribution in [0, 0.1) is 0 Å². The van der Waals surface area contributed by atoms with E-state index in [1.165, 1.54) is 12.8 Å². The molecule has 1 saturated heterocycles. The third-order valence-electron chi connectivity index (χ3n) is 3.04. The van der Waals surface area contributed by atoms with Crippen LogP contribution in [-0.4, -0.2) is 22.6 Å². The zero-order valence-corrected chi connectivity index (χ0v) is 8.66. The average molecular weight is 201 g/mol. The Bertz CT molecular complexity index is 422. The molecular formula is C12H15N3. The molecule has 3 heteroatoms. The van der Waals surface area contributed by atoms with Gasteiger partial charge in [-0.1, -0.05) is 12.1 Å². The summed E-state index contributed by atoms with van der Waals surface area (Å²) in [5.74, 6) is 1.11. The Hall–Kier alpha value is -1.35. The van der Waals surface area contributed by atoms with Crippen molar-refractivity contribution >= 4 is 11.0 Å². The summed E-state index contributed by atoms with van der Waals surface area (Å²) in [6.45, 7) is 1.16. The molecule has 0 spiro atoms. The van der Waals surface area contributed by atoms with Crippen LogP contribution in [0.25, 0.3) is 11.0 Å². The number of hydrogen-bond donors (Lipinski definition) is 2. The van der Waals surface area contributed by atoms with Crippen molar-refractivity contribution in [1.29, 1.82) is 0 Å². The molecule has 0 saturated carbocycles. The lowest BCUT2D eigenvalue weighted by atomic mass is 10.1. The number of H-pyrrole nitrogens is 1. The molecule has 1 aromatic carbocycles. The fourth-order valence-corrected chi connectivity index (χ4v) is 2.27. The van der Waals surface area contributed by atoms with Crippen LogP contribution in [0.3, 0.4) is 0 Å². The van der Waals surface area contributed by atoms with Crippen LogP contribution in [0.4, 0.5) is 0 Å². The Morgan fingerprint density at radius 2 is 2.27 bits per heavy atom. The lowest BCUT2D eigenvalue weighted by molar-refractivity contribution is 0.589. The number of benzene rings is 1. The van der Waals surface area contributed by atoms with Crippen molar-refractivity contribution in [3.8, 4) is 0 Å². The molecule has 3 nitrogen and oxygen atoms in total. The van der Waals surface area contributed by atoms with Gasteiger partial charge in [0, 0.05) is 12.5 Å². The summed E-state index contributed by atoms with van der Waals surface area (Å²) in [5, 5.41) is 3.49. The minimum Gasteiger partial charge on any atom is -0.342 e. The summed E-state index contributed by atoms with van der Waals surface area (Å²) < 4.78 is 0. The molecule has 1 aromatic heterocycles. The first-order valence-corrected chi connectivity index (χ1v) is 5.59. The first-order chi connectivity index (χ1) is 7.42. The van der Waals surface area contributed by atoms with Crippen LogP contribution in [-0.2, 0) is 6.42 Å². The molecule has 2 N–H and O–H groups in total. The van der Waals surface area contributed by atoms with Crippen molar-refractivity contribution in [2.45, 2.75) is 25.3 Å². The smallest absolute Gasteiger partial charge is 0.108 e. The van der Waals surface area contributed by atoms with E-state index in [4.69, 9.17) is 0 Å². The highest BCUT2D eigenvalue weighted by atomic mass is 15.0. The maximum absolute atomic E-state index is 4.58. The lowest BCUT2D eigenvalue weighted by Gasteiger charge is -2.06. The number of para-hydroxylation sites is 2. The molecule has 1 unspecified atom stereocenters. The molecule has 0 radical (unpaired) electrons. The fourth-order valence-electron chi connectivity index (χ4n) is 2.27. The third-order valence-corrected chi connectivity index (χ3v) is 3.04. The van der Waals surface area contributed by atoms with Gasteiger partial charge >= 0.3 is 0 Å². The molecule has 1 aliphatic heterocycles. The molecule has 1 atom stereocenters. The monoisotopic (exact) mass is 201 g/mol. The topological polar surface area (TPSA) is 40.7 Å². The number of hydrogen-bond acceptors (Lipinski definition) is 2. The minimum atomic E-state index is 0.616. The largest absolute Gasteiger partial charge is 0.342 e. The quantitative estimate of drug-likeness (QED) is 0.778. The van der Waals surface area contributed by atoms with Gasteiger partial charge < -0.3 is 10.3 Å². The maximum atomic E-state index is 4.58. The van der Waals surface area contributed by atoms with Gasteiger partial charge in [0.05, 0.1) is 11.0 Å². The van der Waals surface area contributed by atoms with E-state index in [2.05, 4.69) is 27.4 Å². The second-order valence-corrected chi connectivity index (χ2v) is 4.20. The van der Waals surface area contributed by atoms with E-state index >= 15 is 0 Å². The lowest BCUT2D eigenvalue weighted by Crippen LogP contribution is -2.24. The Balaban J connectivity index is 1.84. The zero-order valence-electron chi connectivity index (χ0n) is 8.66. The highest BCUT2D eigenvalue weighted by molar-refractivity contribution is 5.74. The fraction of sp³-hybridized carbons (Fsp3) is 0.417. The first-order valence-electron chi connectivity index (χ1n) is 5.59. The Labute approximate surface area is 88.9 Å². The summed E-state index contributed by atoms with van der Waals surface area (Å²) in [4.78, 5) is 7.95. The van der Waals surface area contributed by atoms with E-state index in [9.17, 15) is 0 Å². The second-order valence-electron chi connectivity index (χ2n) is 4.20. The molecule has 1 fully saturated rings. The number of nitrogens with zero attached hydrogens (tertiary/aromatic N) is 1. The summed E-state index contributed by atoms with van der Waals surface area (Å²) in [6, 6.07) is 8.81. The molecule has 2 aromatic rings. The second kappa shape index (κ2) is 3.66. The molecule has 2 heterocycles. The van der Waals surface area contributed by atoms with Crippen molar-refractivity contribution in [3.05, 3.63) is 30.1 Å². The van der Waals surface area contributed by atoms with Gasteiger partial charge in [-0.25, -0.2) is 4.98 Å². The molecule has 3 rings (SSSR count). The van der Waals surface area contributed by atoms with E-state index in [0.29, 0.717) is 6.04 Å². The normalized spacial score (nSPS) is 21.2. The van der Waals surface area contributed by atoms with Gasteiger partial charge in [0.15, 0.2) is 0 Å². The summed E-state index contributed by atoms with van der Waals surface area (Å²) in [5.41, 5.74) is 2.22. The highest BCUT2D eigenvalue weighted by Gasteiger charge is 2.15. The minimum absolute atomic E-state index is 0.616. The molecule has 0 bridgehead atoms. The number of nitrogens with one attached hydrogen (secondary N) is 2. The van der Waals surface area contributed by atoms with E-state index < -0.39 is 0 Å². The zero-order chi connectivity index (χ0) is 10.1. The summed E-state index contributed by atoms with van der Waals surface area (Å²) in [7, 11) is 0. The van der Waals surface area contributed by atoms with Gasteiger partial charge in [-0.05, 0) is 31.5 Å². The van der Waals surface area contributed by atoms with E-state index in [-0.39, 0.29) is 0 Å². The number of aromatic amines is 1. The van der Waals surface area contributed by atoms with Gasteiger partial charge in [-0.2, -0.15) is 0 Å². The Morgan fingerprint density at radius 1 is 1.33 bits per heavy atom. The Morgan fingerprint density at radius 3 is 3.07 bits per heavy atom. The molecule has 0 aliphatic carbocycles. The van der Waals surface area contributed by atoms with Crippen LogP contribution in [0.5, 0.6) is 0 Å². The number of imidazole rings is 1. The molecule has 78 valence electrons. The average Bonchev–Trinajstić information content (AvgIpc) is 2.86. The van der Waals surface area contributed by atoms with Crippen LogP contribution in [0.15, 0.2) is 24.3 Å². The molecule has 0 amide bonds. The summed E-state index contributed by atoms with van der Waals surface area (Å²) in [6.07, 6.45) is 3.59.